The molecule has 0 saturated carbocycles. The van der Waals surface area contributed by atoms with Gasteiger partial charge in [-0.15, -0.1) is 0 Å². The van der Waals surface area contributed by atoms with Crippen molar-refractivity contribution in [2.75, 3.05) is 32.7 Å². The van der Waals surface area contributed by atoms with Gasteiger partial charge in [0.15, 0.2) is 0 Å². The maximum atomic E-state index is 10.4. The van der Waals surface area contributed by atoms with Crippen molar-refractivity contribution < 1.29 is 10.2 Å². The average Bonchev–Trinajstić information content (AvgIpc) is 2.49. The summed E-state index contributed by atoms with van der Waals surface area (Å²) in [6.45, 7) is 9.14. The van der Waals surface area contributed by atoms with E-state index in [-0.39, 0.29) is 18.2 Å². The Hall–Kier alpha value is -0.160. The van der Waals surface area contributed by atoms with Gasteiger partial charge in [0.1, 0.15) is 0 Å². The zero-order chi connectivity index (χ0) is 15.2. The first-order valence-electron chi connectivity index (χ1n) is 8.92. The van der Waals surface area contributed by atoms with Gasteiger partial charge in [-0.25, -0.2) is 0 Å². The second-order valence-electron chi connectivity index (χ2n) is 7.17. The lowest BCUT2D eigenvalue weighted by Crippen LogP contribution is -2.51. The highest BCUT2D eigenvalue weighted by molar-refractivity contribution is 4.84. The number of rotatable bonds is 6. The number of hydrogen-bond donors (Lipinski definition) is 2. The van der Waals surface area contributed by atoms with Crippen LogP contribution in [0.15, 0.2) is 0 Å². The van der Waals surface area contributed by atoms with E-state index in [2.05, 4.69) is 16.7 Å². The summed E-state index contributed by atoms with van der Waals surface area (Å²) in [5.74, 6) is 0.838. The van der Waals surface area contributed by atoms with Crippen LogP contribution in [0.4, 0.5) is 0 Å². The van der Waals surface area contributed by atoms with E-state index in [0.29, 0.717) is 6.54 Å². The Morgan fingerprint density at radius 1 is 1.00 bits per heavy atom. The molecule has 2 aliphatic rings. The molecule has 4 heteroatoms. The molecule has 21 heavy (non-hydrogen) atoms. The number of aliphatic hydroxyl groups excluding tert-OH is 2. The van der Waals surface area contributed by atoms with Crippen LogP contribution >= 0.6 is 0 Å². The van der Waals surface area contributed by atoms with Crippen molar-refractivity contribution in [1.29, 1.82) is 0 Å². The molecule has 124 valence electrons. The molecule has 4 nitrogen and oxygen atoms in total. The van der Waals surface area contributed by atoms with Crippen LogP contribution in [-0.2, 0) is 0 Å². The van der Waals surface area contributed by atoms with Crippen LogP contribution in [0.5, 0.6) is 0 Å². The van der Waals surface area contributed by atoms with Gasteiger partial charge in [0.05, 0.1) is 12.2 Å². The van der Waals surface area contributed by atoms with E-state index in [1.807, 2.05) is 6.92 Å². The molecule has 2 heterocycles. The molecule has 2 aliphatic heterocycles. The van der Waals surface area contributed by atoms with Crippen molar-refractivity contribution in [2.24, 2.45) is 5.92 Å². The van der Waals surface area contributed by atoms with Gasteiger partial charge < -0.3 is 15.1 Å². The Kier molecular flexibility index (Phi) is 6.93. The summed E-state index contributed by atoms with van der Waals surface area (Å²) in [4.78, 5) is 4.73. The zero-order valence-electron chi connectivity index (χ0n) is 13.9. The van der Waals surface area contributed by atoms with Gasteiger partial charge >= 0.3 is 0 Å². The number of nitrogens with zero attached hydrogens (tertiary/aromatic N) is 2. The third-order valence-corrected chi connectivity index (χ3v) is 5.32. The van der Waals surface area contributed by atoms with E-state index < -0.39 is 0 Å². The van der Waals surface area contributed by atoms with Crippen LogP contribution in [0, 0.1) is 5.92 Å². The normalized spacial score (nSPS) is 29.4. The van der Waals surface area contributed by atoms with Gasteiger partial charge in [-0.2, -0.15) is 0 Å². The molecule has 0 bridgehead atoms. The highest BCUT2D eigenvalue weighted by atomic mass is 16.3. The van der Waals surface area contributed by atoms with Gasteiger partial charge in [-0.05, 0) is 57.7 Å². The molecule has 2 rings (SSSR count). The third-order valence-electron chi connectivity index (χ3n) is 5.32. The van der Waals surface area contributed by atoms with Crippen LogP contribution in [0.2, 0.25) is 0 Å². The first-order valence-corrected chi connectivity index (χ1v) is 8.92. The molecule has 0 radical (unpaired) electrons. The lowest BCUT2D eigenvalue weighted by atomic mass is 9.95. The second-order valence-corrected chi connectivity index (χ2v) is 7.17. The van der Waals surface area contributed by atoms with Gasteiger partial charge in [0, 0.05) is 19.1 Å². The monoisotopic (exact) mass is 298 g/mol. The topological polar surface area (TPSA) is 46.9 Å². The minimum atomic E-state index is -0.289. The van der Waals surface area contributed by atoms with Crippen LogP contribution in [0.1, 0.15) is 52.4 Å². The Bertz CT molecular complexity index is 293. The van der Waals surface area contributed by atoms with Crippen LogP contribution in [0.25, 0.3) is 0 Å². The SMILES string of the molecule is CCC(O)C1CCCCN1CC(O)CN1CCC(C)CC1. The van der Waals surface area contributed by atoms with Crippen LogP contribution < -0.4 is 0 Å². The highest BCUT2D eigenvalue weighted by Gasteiger charge is 2.29. The smallest absolute Gasteiger partial charge is 0.0793 e. The van der Waals surface area contributed by atoms with Gasteiger partial charge in [-0.1, -0.05) is 20.3 Å². The molecule has 0 amide bonds. The lowest BCUT2D eigenvalue weighted by molar-refractivity contribution is -0.00988. The van der Waals surface area contributed by atoms with Crippen molar-refractivity contribution in [1.82, 2.24) is 9.80 Å². The molecule has 0 aromatic rings. The Morgan fingerprint density at radius 2 is 1.71 bits per heavy atom. The van der Waals surface area contributed by atoms with E-state index in [1.165, 1.54) is 25.7 Å². The Labute approximate surface area is 130 Å². The largest absolute Gasteiger partial charge is 0.392 e. The number of β-amino-alcohol motifs (C(OH)–C–C–N with tert-alkyl or cyclic N) is 1. The van der Waals surface area contributed by atoms with E-state index in [0.717, 1.165) is 44.9 Å². The quantitative estimate of drug-likeness (QED) is 0.783. The second kappa shape index (κ2) is 8.47. The lowest BCUT2D eigenvalue weighted by Gasteiger charge is -2.40. The highest BCUT2D eigenvalue weighted by Crippen LogP contribution is 2.22. The predicted molar refractivity (Wildman–Crippen MR) is 86.4 cm³/mol. The van der Waals surface area contributed by atoms with Gasteiger partial charge in [-0.3, -0.25) is 4.90 Å². The van der Waals surface area contributed by atoms with E-state index in [4.69, 9.17) is 0 Å². The molecule has 0 aliphatic carbocycles. The summed E-state index contributed by atoms with van der Waals surface area (Å²) in [6, 6.07) is 0.250. The fourth-order valence-electron chi connectivity index (χ4n) is 3.82. The molecule has 2 saturated heterocycles. The van der Waals surface area contributed by atoms with Crippen molar-refractivity contribution in [3.63, 3.8) is 0 Å². The summed E-state index contributed by atoms with van der Waals surface area (Å²) in [6.07, 6.45) is 6.27. The van der Waals surface area contributed by atoms with E-state index in [9.17, 15) is 10.2 Å². The minimum absolute atomic E-state index is 0.242. The van der Waals surface area contributed by atoms with Gasteiger partial charge in [0.2, 0.25) is 0 Å². The summed E-state index contributed by atoms with van der Waals surface area (Å²) in [5, 5.41) is 20.6. The van der Waals surface area contributed by atoms with Gasteiger partial charge in [0.25, 0.3) is 0 Å². The number of aliphatic hydroxyl groups is 2. The Morgan fingerprint density at radius 3 is 2.38 bits per heavy atom. The van der Waals surface area contributed by atoms with Crippen LogP contribution in [0.3, 0.4) is 0 Å². The predicted octanol–water partition coefficient (Wildman–Crippen LogP) is 1.70. The van der Waals surface area contributed by atoms with Crippen LogP contribution in [-0.4, -0.2) is 71.0 Å². The standard InChI is InChI=1S/C17H34N2O2/c1-3-17(21)16-6-4-5-9-19(16)13-15(20)12-18-10-7-14(2)8-11-18/h14-17,20-21H,3-13H2,1-2H3. The fourth-order valence-corrected chi connectivity index (χ4v) is 3.82. The molecule has 0 aromatic carbocycles. The van der Waals surface area contributed by atoms with E-state index >= 15 is 0 Å². The number of likely N-dealkylation sites (tertiary alicyclic amines) is 2. The average molecular weight is 298 g/mol. The summed E-state index contributed by atoms with van der Waals surface area (Å²) in [5.41, 5.74) is 0. The molecule has 2 fully saturated rings. The summed E-state index contributed by atoms with van der Waals surface area (Å²) < 4.78 is 0. The van der Waals surface area contributed by atoms with Crippen molar-refractivity contribution in [2.45, 2.75) is 70.6 Å². The first-order chi connectivity index (χ1) is 10.1. The zero-order valence-corrected chi connectivity index (χ0v) is 13.9. The Balaban J connectivity index is 1.78. The van der Waals surface area contributed by atoms with Crippen molar-refractivity contribution in [3.05, 3.63) is 0 Å². The van der Waals surface area contributed by atoms with E-state index in [1.54, 1.807) is 0 Å². The fraction of sp³-hybridized carbons (Fsp3) is 1.00. The number of hydrogen-bond acceptors (Lipinski definition) is 4. The molecule has 3 atom stereocenters. The summed E-state index contributed by atoms with van der Waals surface area (Å²) >= 11 is 0. The number of piperidine rings is 2. The maximum Gasteiger partial charge on any atom is 0.0793 e. The molecule has 2 N–H and O–H groups in total. The third kappa shape index (κ3) is 5.20. The maximum absolute atomic E-state index is 10.4. The minimum Gasteiger partial charge on any atom is -0.392 e. The summed E-state index contributed by atoms with van der Waals surface area (Å²) in [7, 11) is 0. The van der Waals surface area contributed by atoms with Crippen molar-refractivity contribution in [3.8, 4) is 0 Å². The molecular formula is C17H34N2O2. The molecule has 0 aromatic heterocycles. The molecule has 0 spiro atoms. The first kappa shape index (κ1) is 17.2. The molecular weight excluding hydrogens is 264 g/mol. The van der Waals surface area contributed by atoms with Crippen molar-refractivity contribution >= 4 is 0 Å². The molecule has 3 unspecified atom stereocenters.